The van der Waals surface area contributed by atoms with Gasteiger partial charge in [-0.1, -0.05) is 12.1 Å². The predicted molar refractivity (Wildman–Crippen MR) is 92.9 cm³/mol. The standard InChI is InChI=1S/C17H21N3OS/c1-2-20-14-6-4-3-5-13(14)18-15(16(20)21)19-9-7-17(11-19)8-10-22-12-17/h3-6H,2,7-12H2,1H3/t17-/m0/s1. The quantitative estimate of drug-likeness (QED) is 0.854. The Morgan fingerprint density at radius 1 is 1.32 bits per heavy atom. The van der Waals surface area contributed by atoms with Crippen molar-refractivity contribution < 1.29 is 0 Å². The van der Waals surface area contributed by atoms with Crippen LogP contribution in [0.4, 0.5) is 5.82 Å². The van der Waals surface area contributed by atoms with E-state index in [1.165, 1.54) is 24.3 Å². The maximum absolute atomic E-state index is 12.9. The summed E-state index contributed by atoms with van der Waals surface area (Å²) >= 11 is 2.05. The highest BCUT2D eigenvalue weighted by molar-refractivity contribution is 7.99. The molecule has 3 heterocycles. The Morgan fingerprint density at radius 3 is 2.95 bits per heavy atom. The number of aryl methyl sites for hydroxylation is 1. The molecule has 1 aromatic carbocycles. The molecule has 0 aliphatic carbocycles. The lowest BCUT2D eigenvalue weighted by Crippen LogP contribution is -2.34. The van der Waals surface area contributed by atoms with Crippen molar-refractivity contribution in [1.29, 1.82) is 0 Å². The van der Waals surface area contributed by atoms with Gasteiger partial charge in [-0.3, -0.25) is 4.79 Å². The van der Waals surface area contributed by atoms with E-state index in [9.17, 15) is 4.79 Å². The highest BCUT2D eigenvalue weighted by Crippen LogP contribution is 2.43. The van der Waals surface area contributed by atoms with E-state index in [0.29, 0.717) is 17.8 Å². The van der Waals surface area contributed by atoms with E-state index in [1.54, 1.807) is 0 Å². The van der Waals surface area contributed by atoms with E-state index in [0.717, 1.165) is 24.1 Å². The third-order valence-electron chi connectivity index (χ3n) is 5.07. The summed E-state index contributed by atoms with van der Waals surface area (Å²) in [4.78, 5) is 19.8. The molecule has 0 saturated carbocycles. The zero-order chi connectivity index (χ0) is 15.2. The Bertz CT molecular complexity index is 764. The molecule has 0 radical (unpaired) electrons. The molecule has 4 rings (SSSR count). The fourth-order valence-electron chi connectivity index (χ4n) is 3.79. The first-order valence-electron chi connectivity index (χ1n) is 8.05. The van der Waals surface area contributed by atoms with Crippen LogP contribution in [0.15, 0.2) is 29.1 Å². The topological polar surface area (TPSA) is 38.1 Å². The van der Waals surface area contributed by atoms with Crippen molar-refractivity contribution in [2.75, 3.05) is 29.5 Å². The first-order chi connectivity index (χ1) is 10.7. The van der Waals surface area contributed by atoms with E-state index in [-0.39, 0.29) is 5.56 Å². The van der Waals surface area contributed by atoms with Gasteiger partial charge >= 0.3 is 0 Å². The van der Waals surface area contributed by atoms with Crippen molar-refractivity contribution in [3.63, 3.8) is 0 Å². The van der Waals surface area contributed by atoms with Gasteiger partial charge in [-0.15, -0.1) is 0 Å². The van der Waals surface area contributed by atoms with Gasteiger partial charge in [0.2, 0.25) is 0 Å². The Morgan fingerprint density at radius 2 is 2.18 bits per heavy atom. The van der Waals surface area contributed by atoms with Crippen LogP contribution in [0, 0.1) is 5.41 Å². The number of para-hydroxylation sites is 2. The van der Waals surface area contributed by atoms with Crippen molar-refractivity contribution >= 4 is 28.6 Å². The Hall–Kier alpha value is -1.49. The van der Waals surface area contributed by atoms with Crippen molar-refractivity contribution in [2.45, 2.75) is 26.3 Å². The highest BCUT2D eigenvalue weighted by atomic mass is 32.2. The van der Waals surface area contributed by atoms with Gasteiger partial charge < -0.3 is 9.47 Å². The molecule has 0 bridgehead atoms. The molecule has 2 aliphatic rings. The fourth-order valence-corrected chi connectivity index (χ4v) is 5.32. The fraction of sp³-hybridized carbons (Fsp3) is 0.529. The molecule has 116 valence electrons. The number of thioether (sulfide) groups is 1. The first kappa shape index (κ1) is 14.1. The van der Waals surface area contributed by atoms with Gasteiger partial charge in [0, 0.05) is 25.4 Å². The van der Waals surface area contributed by atoms with Crippen molar-refractivity contribution in [2.24, 2.45) is 5.41 Å². The van der Waals surface area contributed by atoms with Gasteiger partial charge in [0.05, 0.1) is 11.0 Å². The summed E-state index contributed by atoms with van der Waals surface area (Å²) in [6.45, 7) is 4.66. The number of fused-ring (bicyclic) bond motifs is 1. The molecule has 1 atom stereocenters. The molecular weight excluding hydrogens is 294 g/mol. The van der Waals surface area contributed by atoms with Gasteiger partial charge in [-0.05, 0) is 43.1 Å². The number of rotatable bonds is 2. The zero-order valence-electron chi connectivity index (χ0n) is 12.9. The van der Waals surface area contributed by atoms with Gasteiger partial charge in [0.1, 0.15) is 0 Å². The maximum atomic E-state index is 12.9. The molecule has 5 heteroatoms. The summed E-state index contributed by atoms with van der Waals surface area (Å²) in [7, 11) is 0. The summed E-state index contributed by atoms with van der Waals surface area (Å²) in [5.41, 5.74) is 2.33. The van der Waals surface area contributed by atoms with Gasteiger partial charge in [0.15, 0.2) is 5.82 Å². The highest BCUT2D eigenvalue weighted by Gasteiger charge is 2.41. The third-order valence-corrected chi connectivity index (χ3v) is 6.38. The number of aromatic nitrogens is 2. The lowest BCUT2D eigenvalue weighted by atomic mass is 9.87. The van der Waals surface area contributed by atoms with Crippen LogP contribution in [-0.4, -0.2) is 34.1 Å². The second-order valence-corrected chi connectivity index (χ2v) is 7.55. The maximum Gasteiger partial charge on any atom is 0.293 e. The minimum atomic E-state index is 0.0592. The van der Waals surface area contributed by atoms with Crippen molar-refractivity contribution in [3.8, 4) is 0 Å². The molecule has 2 aromatic rings. The van der Waals surface area contributed by atoms with Gasteiger partial charge in [-0.2, -0.15) is 11.8 Å². The summed E-state index contributed by atoms with van der Waals surface area (Å²) in [6.07, 6.45) is 2.48. The Kier molecular flexibility index (Phi) is 3.40. The lowest BCUT2D eigenvalue weighted by Gasteiger charge is -2.23. The van der Waals surface area contributed by atoms with Crippen LogP contribution in [0.3, 0.4) is 0 Å². The first-order valence-corrected chi connectivity index (χ1v) is 9.20. The summed E-state index contributed by atoms with van der Waals surface area (Å²) in [6, 6.07) is 7.94. The number of hydrogen-bond donors (Lipinski definition) is 0. The molecule has 2 aliphatic heterocycles. The van der Waals surface area contributed by atoms with Crippen LogP contribution in [0.5, 0.6) is 0 Å². The van der Waals surface area contributed by atoms with Gasteiger partial charge in [-0.25, -0.2) is 4.98 Å². The van der Waals surface area contributed by atoms with Gasteiger partial charge in [0.25, 0.3) is 5.56 Å². The average Bonchev–Trinajstić information content (AvgIpc) is 3.17. The molecule has 4 nitrogen and oxygen atoms in total. The van der Waals surface area contributed by atoms with E-state index in [4.69, 9.17) is 4.98 Å². The lowest BCUT2D eigenvalue weighted by molar-refractivity contribution is 0.383. The van der Waals surface area contributed by atoms with Crippen LogP contribution in [0.2, 0.25) is 0 Å². The minimum Gasteiger partial charge on any atom is -0.351 e. The second-order valence-electron chi connectivity index (χ2n) is 6.45. The monoisotopic (exact) mass is 315 g/mol. The molecule has 0 unspecified atom stereocenters. The minimum absolute atomic E-state index is 0.0592. The van der Waals surface area contributed by atoms with E-state index in [1.807, 2.05) is 35.8 Å². The Labute approximate surface area is 134 Å². The van der Waals surface area contributed by atoms with Crippen LogP contribution in [0.1, 0.15) is 19.8 Å². The largest absolute Gasteiger partial charge is 0.351 e. The SMILES string of the molecule is CCn1c(=O)c(N2CC[C@]3(CCSC3)C2)nc2ccccc21. The summed E-state index contributed by atoms with van der Waals surface area (Å²) in [5, 5.41) is 0. The summed E-state index contributed by atoms with van der Waals surface area (Å²) in [5.74, 6) is 3.14. The number of nitrogens with zero attached hydrogens (tertiary/aromatic N) is 3. The average molecular weight is 315 g/mol. The van der Waals surface area contributed by atoms with Crippen molar-refractivity contribution in [1.82, 2.24) is 9.55 Å². The normalized spacial score (nSPS) is 24.7. The molecule has 2 fully saturated rings. The number of benzene rings is 1. The molecule has 1 spiro atoms. The molecular formula is C17H21N3OS. The molecule has 1 aromatic heterocycles. The molecule has 2 saturated heterocycles. The van der Waals surface area contributed by atoms with Crippen LogP contribution in [-0.2, 0) is 6.54 Å². The van der Waals surface area contributed by atoms with E-state index < -0.39 is 0 Å². The van der Waals surface area contributed by atoms with Crippen LogP contribution >= 0.6 is 11.8 Å². The predicted octanol–water partition coefficient (Wildman–Crippen LogP) is 2.75. The molecule has 0 N–H and O–H groups in total. The second kappa shape index (κ2) is 5.30. The smallest absolute Gasteiger partial charge is 0.293 e. The zero-order valence-corrected chi connectivity index (χ0v) is 13.7. The van der Waals surface area contributed by atoms with Crippen molar-refractivity contribution in [3.05, 3.63) is 34.6 Å². The van der Waals surface area contributed by atoms with Crippen LogP contribution in [0.25, 0.3) is 11.0 Å². The number of hydrogen-bond acceptors (Lipinski definition) is 4. The number of anilines is 1. The van der Waals surface area contributed by atoms with E-state index >= 15 is 0 Å². The molecule has 22 heavy (non-hydrogen) atoms. The summed E-state index contributed by atoms with van der Waals surface area (Å²) < 4.78 is 1.85. The Balaban J connectivity index is 1.79. The third kappa shape index (κ3) is 2.14. The van der Waals surface area contributed by atoms with E-state index in [2.05, 4.69) is 16.7 Å². The molecule has 0 amide bonds. The van der Waals surface area contributed by atoms with Crippen LogP contribution < -0.4 is 10.5 Å².